The van der Waals surface area contributed by atoms with Crippen LogP contribution in [0.25, 0.3) is 0 Å². The Morgan fingerprint density at radius 1 is 1.14 bits per heavy atom. The molecule has 0 aromatic heterocycles. The molecule has 0 spiro atoms. The summed E-state index contributed by atoms with van der Waals surface area (Å²) in [4.78, 5) is 12.8. The monoisotopic (exact) mass is 416 g/mol. The molecule has 28 heavy (non-hydrogen) atoms. The van der Waals surface area contributed by atoms with Gasteiger partial charge in [-0.3, -0.25) is 4.79 Å². The van der Waals surface area contributed by atoms with Crippen LogP contribution in [0.15, 0.2) is 36.4 Å². The van der Waals surface area contributed by atoms with Crippen LogP contribution in [0.1, 0.15) is 22.8 Å². The van der Waals surface area contributed by atoms with E-state index in [1.807, 2.05) is 0 Å². The highest BCUT2D eigenvalue weighted by Gasteiger charge is 2.33. The minimum atomic E-state index is -4.64. The number of hydrogen-bond donors (Lipinski definition) is 2. The van der Waals surface area contributed by atoms with Crippen LogP contribution >= 0.6 is 11.6 Å². The number of anilines is 1. The number of carbonyl (C=O) groups is 1. The van der Waals surface area contributed by atoms with Crippen LogP contribution in [0.4, 0.5) is 18.9 Å². The zero-order valence-corrected chi connectivity index (χ0v) is 16.1. The van der Waals surface area contributed by atoms with Crippen molar-refractivity contribution in [3.63, 3.8) is 0 Å². The van der Waals surface area contributed by atoms with Crippen LogP contribution in [-0.4, -0.2) is 32.7 Å². The molecule has 0 aliphatic heterocycles. The summed E-state index contributed by atoms with van der Waals surface area (Å²) < 4.78 is 50.2. The Kier molecular flexibility index (Phi) is 7.53. The number of rotatable bonds is 8. The summed E-state index contributed by atoms with van der Waals surface area (Å²) in [7, 11) is 1.76. The van der Waals surface area contributed by atoms with Crippen LogP contribution < -0.4 is 20.1 Å². The van der Waals surface area contributed by atoms with Crippen molar-refractivity contribution in [1.29, 1.82) is 0 Å². The lowest BCUT2D eigenvalue weighted by molar-refractivity contribution is -0.137. The Morgan fingerprint density at radius 2 is 1.82 bits per heavy atom. The molecule has 0 heterocycles. The lowest BCUT2D eigenvalue weighted by Crippen LogP contribution is -2.19. The van der Waals surface area contributed by atoms with E-state index < -0.39 is 22.7 Å². The van der Waals surface area contributed by atoms with Crippen molar-refractivity contribution in [3.05, 3.63) is 52.5 Å². The summed E-state index contributed by atoms with van der Waals surface area (Å²) in [5.74, 6) is -0.116. The second-order valence-electron chi connectivity index (χ2n) is 5.66. The Balaban J connectivity index is 2.35. The summed E-state index contributed by atoms with van der Waals surface area (Å²) in [6.45, 7) is 2.90. The zero-order valence-electron chi connectivity index (χ0n) is 15.3. The summed E-state index contributed by atoms with van der Waals surface area (Å²) in [6.07, 6.45) is -4.64. The van der Waals surface area contributed by atoms with Gasteiger partial charge in [-0.15, -0.1) is 0 Å². The molecule has 0 bridgehead atoms. The molecule has 2 aromatic rings. The predicted molar refractivity (Wildman–Crippen MR) is 101 cm³/mol. The molecule has 9 heteroatoms. The number of halogens is 4. The van der Waals surface area contributed by atoms with Gasteiger partial charge in [0.1, 0.15) is 23.7 Å². The predicted octanol–water partition coefficient (Wildman–Crippen LogP) is 4.61. The zero-order chi connectivity index (χ0) is 20.7. The van der Waals surface area contributed by atoms with E-state index >= 15 is 0 Å². The van der Waals surface area contributed by atoms with E-state index in [2.05, 4.69) is 10.6 Å². The molecule has 2 aromatic carbocycles. The minimum Gasteiger partial charge on any atom is -0.493 e. The van der Waals surface area contributed by atoms with Gasteiger partial charge in [-0.1, -0.05) is 17.7 Å². The first-order chi connectivity index (χ1) is 13.3. The third kappa shape index (κ3) is 5.53. The molecular formula is C19H20ClF3N2O3. The van der Waals surface area contributed by atoms with Crippen molar-refractivity contribution < 1.29 is 27.4 Å². The van der Waals surface area contributed by atoms with Gasteiger partial charge in [-0.2, -0.15) is 13.2 Å². The first-order valence-corrected chi connectivity index (χ1v) is 8.87. The summed E-state index contributed by atoms with van der Waals surface area (Å²) in [5, 5.41) is 4.92. The summed E-state index contributed by atoms with van der Waals surface area (Å²) in [6, 6.07) is 8.01. The van der Waals surface area contributed by atoms with Gasteiger partial charge in [0, 0.05) is 12.2 Å². The SMILES string of the molecule is CCOc1cccc(OCCNC)c1C(=O)Nc1ccc(Cl)c(C(F)(F)F)c1. The maximum Gasteiger partial charge on any atom is 0.417 e. The van der Waals surface area contributed by atoms with E-state index in [0.29, 0.717) is 19.8 Å². The topological polar surface area (TPSA) is 59.6 Å². The average Bonchev–Trinajstić information content (AvgIpc) is 2.63. The summed E-state index contributed by atoms with van der Waals surface area (Å²) in [5.41, 5.74) is -0.978. The van der Waals surface area contributed by atoms with E-state index in [4.69, 9.17) is 21.1 Å². The van der Waals surface area contributed by atoms with Crippen molar-refractivity contribution in [2.24, 2.45) is 0 Å². The van der Waals surface area contributed by atoms with Gasteiger partial charge in [0.2, 0.25) is 0 Å². The van der Waals surface area contributed by atoms with Gasteiger partial charge in [-0.05, 0) is 44.3 Å². The van der Waals surface area contributed by atoms with Gasteiger partial charge in [0.15, 0.2) is 0 Å². The Hall–Kier alpha value is -2.45. The number of likely N-dealkylation sites (N-methyl/N-ethyl adjacent to an activating group) is 1. The number of alkyl halides is 3. The quantitative estimate of drug-likeness (QED) is 0.617. The van der Waals surface area contributed by atoms with Crippen LogP contribution in [0, 0.1) is 0 Å². The molecule has 1 amide bonds. The highest BCUT2D eigenvalue weighted by Crippen LogP contribution is 2.36. The van der Waals surface area contributed by atoms with Crippen molar-refractivity contribution in [3.8, 4) is 11.5 Å². The second kappa shape index (κ2) is 9.66. The largest absolute Gasteiger partial charge is 0.493 e. The van der Waals surface area contributed by atoms with E-state index in [-0.39, 0.29) is 22.7 Å². The fourth-order valence-corrected chi connectivity index (χ4v) is 2.63. The molecule has 0 aliphatic rings. The number of benzene rings is 2. The lowest BCUT2D eigenvalue weighted by atomic mass is 10.1. The van der Waals surface area contributed by atoms with Crippen LogP contribution in [0.5, 0.6) is 11.5 Å². The molecule has 0 radical (unpaired) electrons. The fourth-order valence-electron chi connectivity index (χ4n) is 2.41. The Morgan fingerprint density at radius 3 is 2.43 bits per heavy atom. The van der Waals surface area contributed by atoms with Crippen LogP contribution in [0.3, 0.4) is 0 Å². The van der Waals surface area contributed by atoms with Crippen molar-refractivity contribution in [1.82, 2.24) is 5.32 Å². The minimum absolute atomic E-state index is 0.0470. The highest BCUT2D eigenvalue weighted by molar-refractivity contribution is 6.31. The molecule has 2 rings (SSSR count). The molecular weight excluding hydrogens is 397 g/mol. The summed E-state index contributed by atoms with van der Waals surface area (Å²) >= 11 is 5.62. The smallest absolute Gasteiger partial charge is 0.417 e. The Bertz CT molecular complexity index is 829. The number of ether oxygens (including phenoxy) is 2. The molecule has 2 N–H and O–H groups in total. The van der Waals surface area contributed by atoms with Gasteiger partial charge >= 0.3 is 6.18 Å². The van der Waals surface area contributed by atoms with Gasteiger partial charge < -0.3 is 20.1 Å². The first-order valence-electron chi connectivity index (χ1n) is 8.49. The number of amides is 1. The number of carbonyl (C=O) groups excluding carboxylic acids is 1. The van der Waals surface area contributed by atoms with E-state index in [1.165, 1.54) is 6.07 Å². The maximum absolute atomic E-state index is 13.0. The maximum atomic E-state index is 13.0. The fraction of sp³-hybridized carbons (Fsp3) is 0.316. The molecule has 0 fully saturated rings. The second-order valence-corrected chi connectivity index (χ2v) is 6.07. The van der Waals surface area contributed by atoms with Crippen molar-refractivity contribution in [2.45, 2.75) is 13.1 Å². The first kappa shape index (κ1) is 21.8. The molecule has 0 aliphatic carbocycles. The third-order valence-corrected chi connectivity index (χ3v) is 3.98. The van der Waals surface area contributed by atoms with E-state index in [1.54, 1.807) is 32.2 Å². The molecule has 0 unspecified atom stereocenters. The van der Waals surface area contributed by atoms with Gasteiger partial charge in [0.25, 0.3) is 5.91 Å². The molecule has 5 nitrogen and oxygen atoms in total. The molecule has 152 valence electrons. The molecule has 0 atom stereocenters. The number of hydrogen-bond acceptors (Lipinski definition) is 4. The van der Waals surface area contributed by atoms with Crippen LogP contribution in [-0.2, 0) is 6.18 Å². The normalized spacial score (nSPS) is 11.2. The van der Waals surface area contributed by atoms with Crippen LogP contribution in [0.2, 0.25) is 5.02 Å². The molecule has 0 saturated heterocycles. The molecule has 0 saturated carbocycles. The van der Waals surface area contributed by atoms with E-state index in [0.717, 1.165) is 12.1 Å². The van der Waals surface area contributed by atoms with Gasteiger partial charge in [0.05, 0.1) is 17.2 Å². The standard InChI is InChI=1S/C19H20ClF3N2O3/c1-3-27-15-5-4-6-16(28-10-9-24-2)17(15)18(26)25-12-7-8-14(20)13(11-12)19(21,22)23/h4-8,11,24H,3,9-10H2,1-2H3,(H,25,26). The lowest BCUT2D eigenvalue weighted by Gasteiger charge is -2.16. The van der Waals surface area contributed by atoms with Crippen molar-refractivity contribution in [2.75, 3.05) is 32.1 Å². The van der Waals surface area contributed by atoms with E-state index in [9.17, 15) is 18.0 Å². The highest BCUT2D eigenvalue weighted by atomic mass is 35.5. The van der Waals surface area contributed by atoms with Gasteiger partial charge in [-0.25, -0.2) is 0 Å². The van der Waals surface area contributed by atoms with Crippen molar-refractivity contribution >= 4 is 23.2 Å². The Labute approximate surface area is 165 Å². The number of nitrogens with one attached hydrogen (secondary N) is 2. The average molecular weight is 417 g/mol. The third-order valence-electron chi connectivity index (χ3n) is 3.65.